The fourth-order valence-corrected chi connectivity index (χ4v) is 7.00. The minimum absolute atomic E-state index is 0.130. The van der Waals surface area contributed by atoms with Gasteiger partial charge in [0, 0.05) is 12.8 Å². The van der Waals surface area contributed by atoms with E-state index in [9.17, 15) is 14.2 Å². The molecule has 0 amide bonds. The predicted molar refractivity (Wildman–Crippen MR) is 234 cm³/mol. The molecule has 2 N–H and O–H groups in total. The van der Waals surface area contributed by atoms with E-state index in [-0.39, 0.29) is 19.4 Å². The molecule has 3 atom stereocenters. The molecule has 0 spiro atoms. The maximum Gasteiger partial charge on any atom is 0.469 e. The van der Waals surface area contributed by atoms with Crippen LogP contribution in [0.2, 0.25) is 0 Å². The highest BCUT2D eigenvalue weighted by molar-refractivity contribution is 7.46. The van der Waals surface area contributed by atoms with Crippen molar-refractivity contribution in [3.8, 4) is 0 Å². The molecule has 1 saturated heterocycles. The Morgan fingerprint density at radius 2 is 0.965 bits per heavy atom. The monoisotopic (exact) mass is 823 g/mol. The molecule has 0 radical (unpaired) electrons. The lowest BCUT2D eigenvalue weighted by Gasteiger charge is -2.18. The standard InChI is InChI=1S/C47H83O9P/c1-3-5-7-9-11-12-13-14-15-16-17-18-19-20-21-22-23-24-27-31-35-39-46(48)53-41-43(42-54-57(50,51)52)55-47(49)40-36-32-28-25-26-30-34-38-45-44(56-45)37-33-29-10-8-6-4-2/h14-15,25,28-30,33-34,43-45H,3-13,16-24,26-27,31-32,35-42H2,1-2H3,(H2,50,51,52)/b15-14-,28-25-,33-29-,34-30-/t43-,44?,45?/m1/s1. The van der Waals surface area contributed by atoms with Crippen molar-refractivity contribution >= 4 is 19.8 Å². The Bertz CT molecular complexity index is 1130. The molecule has 1 aliphatic heterocycles. The molecular formula is C47H83O9P. The third kappa shape index (κ3) is 38.0. The molecule has 1 aliphatic rings. The summed E-state index contributed by atoms with van der Waals surface area (Å²) in [5.41, 5.74) is 0. The van der Waals surface area contributed by atoms with Crippen molar-refractivity contribution in [2.45, 2.75) is 225 Å². The van der Waals surface area contributed by atoms with Gasteiger partial charge in [0.05, 0.1) is 18.8 Å². The largest absolute Gasteiger partial charge is 0.469 e. The van der Waals surface area contributed by atoms with Crippen LogP contribution in [0.1, 0.15) is 206 Å². The maximum absolute atomic E-state index is 12.4. The topological polar surface area (TPSA) is 132 Å². The van der Waals surface area contributed by atoms with Gasteiger partial charge in [-0.1, -0.05) is 165 Å². The first-order chi connectivity index (χ1) is 27.7. The molecule has 0 aromatic carbocycles. The van der Waals surface area contributed by atoms with Crippen LogP contribution in [0.3, 0.4) is 0 Å². The van der Waals surface area contributed by atoms with Crippen LogP contribution in [0.15, 0.2) is 48.6 Å². The second-order valence-electron chi connectivity index (χ2n) is 15.8. The van der Waals surface area contributed by atoms with Gasteiger partial charge in [0.2, 0.25) is 0 Å². The van der Waals surface area contributed by atoms with Gasteiger partial charge < -0.3 is 24.0 Å². The Kier molecular flexibility index (Phi) is 35.5. The average Bonchev–Trinajstić information content (AvgIpc) is 3.94. The van der Waals surface area contributed by atoms with Gasteiger partial charge in [0.1, 0.15) is 6.61 Å². The molecule has 2 unspecified atom stereocenters. The predicted octanol–water partition coefficient (Wildman–Crippen LogP) is 13.3. The van der Waals surface area contributed by atoms with Crippen molar-refractivity contribution in [1.82, 2.24) is 0 Å². The number of ether oxygens (including phenoxy) is 3. The SMILES string of the molecule is CCCCC/C=C\CC1OC1C/C=C\C/C=C\CCCC(=O)O[C@H](COC(=O)CCCCCCCCCCCCC/C=C\CCCCCCCC)COP(=O)(O)O. The zero-order valence-corrected chi connectivity index (χ0v) is 37.1. The third-order valence-corrected chi connectivity index (χ3v) is 10.7. The van der Waals surface area contributed by atoms with Gasteiger partial charge in [-0.05, 0) is 77.0 Å². The Morgan fingerprint density at radius 3 is 1.54 bits per heavy atom. The molecule has 9 nitrogen and oxygen atoms in total. The zero-order chi connectivity index (χ0) is 41.5. The molecule has 57 heavy (non-hydrogen) atoms. The van der Waals surface area contributed by atoms with Gasteiger partial charge in [0.15, 0.2) is 6.10 Å². The summed E-state index contributed by atoms with van der Waals surface area (Å²) in [6.45, 7) is 3.61. The molecule has 0 aliphatic carbocycles. The van der Waals surface area contributed by atoms with Crippen molar-refractivity contribution in [2.24, 2.45) is 0 Å². The summed E-state index contributed by atoms with van der Waals surface area (Å²) in [5, 5.41) is 0. The number of unbranched alkanes of at least 4 members (excludes halogenated alkanes) is 21. The van der Waals surface area contributed by atoms with Gasteiger partial charge in [0.25, 0.3) is 0 Å². The highest BCUT2D eigenvalue weighted by atomic mass is 31.2. The van der Waals surface area contributed by atoms with Crippen molar-refractivity contribution in [3.05, 3.63) is 48.6 Å². The number of hydrogen-bond acceptors (Lipinski definition) is 7. The van der Waals surface area contributed by atoms with Crippen LogP contribution in [-0.2, 0) is 32.9 Å². The number of hydrogen-bond donors (Lipinski definition) is 2. The van der Waals surface area contributed by atoms with E-state index < -0.39 is 32.5 Å². The van der Waals surface area contributed by atoms with Gasteiger partial charge in [-0.3, -0.25) is 14.1 Å². The molecule has 0 saturated carbocycles. The van der Waals surface area contributed by atoms with E-state index in [0.717, 1.165) is 44.9 Å². The number of phosphoric ester groups is 1. The minimum atomic E-state index is -4.78. The second kappa shape index (κ2) is 38.2. The molecule has 330 valence electrons. The zero-order valence-electron chi connectivity index (χ0n) is 36.2. The highest BCUT2D eigenvalue weighted by Crippen LogP contribution is 2.36. The number of epoxide rings is 1. The fourth-order valence-electron chi connectivity index (χ4n) is 6.64. The van der Waals surface area contributed by atoms with E-state index in [4.69, 9.17) is 24.0 Å². The van der Waals surface area contributed by atoms with Gasteiger partial charge in [-0.25, -0.2) is 4.57 Å². The van der Waals surface area contributed by atoms with Crippen molar-refractivity contribution in [1.29, 1.82) is 0 Å². The van der Waals surface area contributed by atoms with Crippen molar-refractivity contribution < 1.29 is 42.7 Å². The summed E-state index contributed by atoms with van der Waals surface area (Å²) in [4.78, 5) is 43.0. The quantitative estimate of drug-likeness (QED) is 0.0203. The van der Waals surface area contributed by atoms with Crippen molar-refractivity contribution in [2.75, 3.05) is 13.2 Å². The molecule has 1 heterocycles. The number of rotatable bonds is 41. The Labute approximate surface area is 348 Å². The van der Waals surface area contributed by atoms with Crippen LogP contribution in [0.5, 0.6) is 0 Å². The first kappa shape index (κ1) is 53.0. The van der Waals surface area contributed by atoms with Gasteiger partial charge in [-0.2, -0.15) is 0 Å². The fraction of sp³-hybridized carbons (Fsp3) is 0.787. The van der Waals surface area contributed by atoms with E-state index in [1.165, 1.54) is 116 Å². The van der Waals surface area contributed by atoms with Crippen LogP contribution in [0.4, 0.5) is 0 Å². The number of allylic oxidation sites excluding steroid dienone is 6. The van der Waals surface area contributed by atoms with Gasteiger partial charge >= 0.3 is 19.8 Å². The molecule has 1 rings (SSSR count). The summed E-state index contributed by atoms with van der Waals surface area (Å²) in [6, 6.07) is 0. The molecule has 1 fully saturated rings. The maximum atomic E-state index is 12.4. The lowest BCUT2D eigenvalue weighted by molar-refractivity contribution is -0.161. The molecule has 0 aromatic heterocycles. The van der Waals surface area contributed by atoms with E-state index in [1.807, 2.05) is 6.08 Å². The molecular weight excluding hydrogens is 739 g/mol. The highest BCUT2D eigenvalue weighted by Gasteiger charge is 2.36. The van der Waals surface area contributed by atoms with Crippen molar-refractivity contribution in [3.63, 3.8) is 0 Å². The van der Waals surface area contributed by atoms with Crippen LogP contribution >= 0.6 is 7.82 Å². The summed E-state index contributed by atoms with van der Waals surface area (Å²) in [7, 11) is -4.78. The van der Waals surface area contributed by atoms with E-state index >= 15 is 0 Å². The number of carbonyl (C=O) groups is 2. The first-order valence-electron chi connectivity index (χ1n) is 23.1. The van der Waals surface area contributed by atoms with Crippen LogP contribution in [0, 0.1) is 0 Å². The number of carbonyl (C=O) groups excluding carboxylic acids is 2. The van der Waals surface area contributed by atoms with E-state index in [2.05, 4.69) is 60.9 Å². The van der Waals surface area contributed by atoms with E-state index in [0.29, 0.717) is 31.5 Å². The lowest BCUT2D eigenvalue weighted by Crippen LogP contribution is -2.29. The summed E-state index contributed by atoms with van der Waals surface area (Å²) < 4.78 is 32.2. The molecule has 10 heteroatoms. The summed E-state index contributed by atoms with van der Waals surface area (Å²) >= 11 is 0. The number of esters is 2. The molecule has 0 bridgehead atoms. The normalized spacial score (nSPS) is 16.4. The molecule has 0 aromatic rings. The average molecular weight is 823 g/mol. The Hall–Kier alpha value is -2.03. The Morgan fingerprint density at radius 1 is 0.544 bits per heavy atom. The number of phosphoric acid groups is 1. The summed E-state index contributed by atoms with van der Waals surface area (Å²) in [6.07, 6.45) is 50.1. The lowest BCUT2D eigenvalue weighted by atomic mass is 10.0. The summed E-state index contributed by atoms with van der Waals surface area (Å²) in [5.74, 6) is -0.954. The van der Waals surface area contributed by atoms with Gasteiger partial charge in [-0.15, -0.1) is 0 Å². The van der Waals surface area contributed by atoms with Crippen LogP contribution in [-0.4, -0.2) is 53.3 Å². The first-order valence-corrected chi connectivity index (χ1v) is 24.6. The van der Waals surface area contributed by atoms with E-state index in [1.54, 1.807) is 0 Å². The van der Waals surface area contributed by atoms with Crippen LogP contribution in [0.25, 0.3) is 0 Å². The van der Waals surface area contributed by atoms with Crippen LogP contribution < -0.4 is 0 Å². The third-order valence-electron chi connectivity index (χ3n) is 10.2. The smallest absolute Gasteiger partial charge is 0.462 e. The second-order valence-corrected chi connectivity index (χ2v) is 17.0. The minimum Gasteiger partial charge on any atom is -0.462 e. The Balaban J connectivity index is 2.05.